The standard InChI is InChI=1S/C14H18N2OS/c1-12-11-16(6-8-18-12)5-7-17-14-4-2-3-13(9-14)10-15/h2-4,9,12H,5-8,11H2,1H3. The van der Waals surface area contributed by atoms with E-state index in [0.29, 0.717) is 12.2 Å². The summed E-state index contributed by atoms with van der Waals surface area (Å²) in [6.07, 6.45) is 0. The van der Waals surface area contributed by atoms with Crippen molar-refractivity contribution in [2.45, 2.75) is 12.2 Å². The zero-order valence-corrected chi connectivity index (χ0v) is 11.4. The van der Waals surface area contributed by atoms with Crippen LogP contribution in [0, 0.1) is 11.3 Å². The molecule has 1 aromatic carbocycles. The van der Waals surface area contributed by atoms with Crippen molar-refractivity contribution in [3.63, 3.8) is 0 Å². The first-order valence-corrected chi connectivity index (χ1v) is 7.30. The first-order valence-electron chi connectivity index (χ1n) is 6.25. The molecule has 3 nitrogen and oxygen atoms in total. The first-order chi connectivity index (χ1) is 8.78. The largest absolute Gasteiger partial charge is 0.492 e. The molecule has 1 unspecified atom stereocenters. The Hall–Kier alpha value is -1.18. The van der Waals surface area contributed by atoms with Crippen LogP contribution in [0.15, 0.2) is 24.3 Å². The Morgan fingerprint density at radius 2 is 2.44 bits per heavy atom. The van der Waals surface area contributed by atoms with Gasteiger partial charge in [-0.15, -0.1) is 0 Å². The van der Waals surface area contributed by atoms with Crippen LogP contribution in [0.25, 0.3) is 0 Å². The third kappa shape index (κ3) is 3.94. The van der Waals surface area contributed by atoms with Gasteiger partial charge in [-0.05, 0) is 18.2 Å². The number of benzene rings is 1. The molecule has 0 aromatic heterocycles. The van der Waals surface area contributed by atoms with Crippen LogP contribution >= 0.6 is 11.8 Å². The summed E-state index contributed by atoms with van der Waals surface area (Å²) in [4.78, 5) is 2.44. The Kier molecular flexibility index (Phi) is 4.91. The number of hydrogen-bond acceptors (Lipinski definition) is 4. The quantitative estimate of drug-likeness (QED) is 0.834. The molecule has 1 aliphatic heterocycles. The van der Waals surface area contributed by atoms with Crippen molar-refractivity contribution < 1.29 is 4.74 Å². The molecule has 1 atom stereocenters. The molecule has 0 saturated carbocycles. The van der Waals surface area contributed by atoms with E-state index in [0.717, 1.165) is 30.6 Å². The molecule has 0 aliphatic carbocycles. The van der Waals surface area contributed by atoms with Crippen LogP contribution in [-0.4, -0.2) is 42.1 Å². The summed E-state index contributed by atoms with van der Waals surface area (Å²) in [6, 6.07) is 9.45. The fourth-order valence-electron chi connectivity index (χ4n) is 2.04. The number of nitrogens with zero attached hydrogens (tertiary/aromatic N) is 2. The second-order valence-corrected chi connectivity index (χ2v) is 6.02. The molecule has 1 aromatic rings. The SMILES string of the molecule is CC1CN(CCOc2cccc(C#N)c2)CCS1. The van der Waals surface area contributed by atoms with Gasteiger partial charge in [0.05, 0.1) is 11.6 Å². The second kappa shape index (κ2) is 6.67. The zero-order chi connectivity index (χ0) is 12.8. The molecule has 18 heavy (non-hydrogen) atoms. The lowest BCUT2D eigenvalue weighted by Gasteiger charge is -2.30. The molecule has 0 bridgehead atoms. The van der Waals surface area contributed by atoms with Gasteiger partial charge in [0, 0.05) is 30.6 Å². The Morgan fingerprint density at radius 3 is 3.22 bits per heavy atom. The summed E-state index contributed by atoms with van der Waals surface area (Å²) in [6.45, 7) is 6.21. The maximum Gasteiger partial charge on any atom is 0.120 e. The Morgan fingerprint density at radius 1 is 1.56 bits per heavy atom. The topological polar surface area (TPSA) is 36.3 Å². The van der Waals surface area contributed by atoms with Gasteiger partial charge in [0.2, 0.25) is 0 Å². The van der Waals surface area contributed by atoms with Crippen LogP contribution < -0.4 is 4.74 Å². The lowest BCUT2D eigenvalue weighted by atomic mass is 10.2. The van der Waals surface area contributed by atoms with E-state index < -0.39 is 0 Å². The molecule has 0 amide bonds. The Labute approximate surface area is 113 Å². The summed E-state index contributed by atoms with van der Waals surface area (Å²) in [5, 5.41) is 9.53. The van der Waals surface area contributed by atoms with Crippen molar-refractivity contribution in [3.05, 3.63) is 29.8 Å². The highest BCUT2D eigenvalue weighted by Crippen LogP contribution is 2.17. The minimum Gasteiger partial charge on any atom is -0.492 e. The second-order valence-electron chi connectivity index (χ2n) is 4.47. The van der Waals surface area contributed by atoms with Crippen molar-refractivity contribution >= 4 is 11.8 Å². The van der Waals surface area contributed by atoms with E-state index in [9.17, 15) is 0 Å². The molecule has 96 valence electrons. The monoisotopic (exact) mass is 262 g/mol. The molecule has 1 saturated heterocycles. The van der Waals surface area contributed by atoms with Crippen molar-refractivity contribution in [1.29, 1.82) is 5.26 Å². The van der Waals surface area contributed by atoms with Gasteiger partial charge in [0.1, 0.15) is 12.4 Å². The molecular formula is C14H18N2OS. The van der Waals surface area contributed by atoms with Gasteiger partial charge >= 0.3 is 0 Å². The lowest BCUT2D eigenvalue weighted by Crippen LogP contribution is -2.39. The van der Waals surface area contributed by atoms with Gasteiger partial charge in [-0.2, -0.15) is 17.0 Å². The minimum atomic E-state index is 0.649. The fourth-order valence-corrected chi connectivity index (χ4v) is 3.12. The van der Waals surface area contributed by atoms with Crippen molar-refractivity contribution in [1.82, 2.24) is 4.90 Å². The number of ether oxygens (including phenoxy) is 1. The molecule has 2 rings (SSSR count). The predicted molar refractivity (Wildman–Crippen MR) is 75.0 cm³/mol. The van der Waals surface area contributed by atoms with Gasteiger partial charge in [0.15, 0.2) is 0 Å². The highest BCUT2D eigenvalue weighted by molar-refractivity contribution is 7.99. The van der Waals surface area contributed by atoms with Crippen LogP contribution in [0.3, 0.4) is 0 Å². The number of rotatable bonds is 4. The van der Waals surface area contributed by atoms with Crippen LogP contribution in [0.2, 0.25) is 0 Å². The maximum absolute atomic E-state index is 8.80. The molecule has 0 radical (unpaired) electrons. The zero-order valence-electron chi connectivity index (χ0n) is 10.6. The van der Waals surface area contributed by atoms with Crippen molar-refractivity contribution in [3.8, 4) is 11.8 Å². The van der Waals surface area contributed by atoms with Crippen LogP contribution in [-0.2, 0) is 0 Å². The number of thioether (sulfide) groups is 1. The molecule has 1 heterocycles. The average molecular weight is 262 g/mol. The summed E-state index contributed by atoms with van der Waals surface area (Å²) < 4.78 is 5.69. The van der Waals surface area contributed by atoms with Crippen molar-refractivity contribution in [2.24, 2.45) is 0 Å². The fraction of sp³-hybridized carbons (Fsp3) is 0.500. The summed E-state index contributed by atoms with van der Waals surface area (Å²) >= 11 is 2.04. The highest BCUT2D eigenvalue weighted by atomic mass is 32.2. The average Bonchev–Trinajstić information content (AvgIpc) is 2.39. The van der Waals surface area contributed by atoms with Crippen LogP contribution in [0.5, 0.6) is 5.75 Å². The van der Waals surface area contributed by atoms with E-state index in [-0.39, 0.29) is 0 Å². The van der Waals surface area contributed by atoms with Crippen molar-refractivity contribution in [2.75, 3.05) is 32.0 Å². The summed E-state index contributed by atoms with van der Waals surface area (Å²) in [5.74, 6) is 2.00. The Bertz CT molecular complexity index is 430. The smallest absolute Gasteiger partial charge is 0.120 e. The van der Waals surface area contributed by atoms with Gasteiger partial charge in [-0.1, -0.05) is 13.0 Å². The number of nitriles is 1. The van der Waals surface area contributed by atoms with E-state index >= 15 is 0 Å². The maximum atomic E-state index is 8.80. The molecule has 0 spiro atoms. The number of hydrogen-bond donors (Lipinski definition) is 0. The highest BCUT2D eigenvalue weighted by Gasteiger charge is 2.15. The van der Waals surface area contributed by atoms with E-state index in [4.69, 9.17) is 10.00 Å². The molecular weight excluding hydrogens is 244 g/mol. The minimum absolute atomic E-state index is 0.649. The van der Waals surface area contributed by atoms with Crippen LogP contribution in [0.1, 0.15) is 12.5 Å². The van der Waals surface area contributed by atoms with E-state index in [1.165, 1.54) is 5.75 Å². The van der Waals surface area contributed by atoms with Gasteiger partial charge in [-0.25, -0.2) is 0 Å². The summed E-state index contributed by atoms with van der Waals surface area (Å²) in [5.41, 5.74) is 0.649. The predicted octanol–water partition coefficient (Wildman–Crippen LogP) is 2.37. The molecule has 1 fully saturated rings. The Balaban J connectivity index is 1.76. The van der Waals surface area contributed by atoms with E-state index in [1.54, 1.807) is 12.1 Å². The van der Waals surface area contributed by atoms with E-state index in [1.807, 2.05) is 23.9 Å². The third-order valence-electron chi connectivity index (χ3n) is 2.96. The van der Waals surface area contributed by atoms with E-state index in [2.05, 4.69) is 17.9 Å². The lowest BCUT2D eigenvalue weighted by molar-refractivity contribution is 0.215. The van der Waals surface area contributed by atoms with Gasteiger partial charge in [-0.3, -0.25) is 4.90 Å². The van der Waals surface area contributed by atoms with Gasteiger partial charge in [0.25, 0.3) is 0 Å². The van der Waals surface area contributed by atoms with Gasteiger partial charge < -0.3 is 4.74 Å². The summed E-state index contributed by atoms with van der Waals surface area (Å²) in [7, 11) is 0. The van der Waals surface area contributed by atoms with Crippen LogP contribution in [0.4, 0.5) is 0 Å². The molecule has 1 aliphatic rings. The first kappa shape index (κ1) is 13.3. The molecule has 0 N–H and O–H groups in total. The third-order valence-corrected chi connectivity index (χ3v) is 4.10. The molecule has 4 heteroatoms. The normalized spacial score (nSPS) is 20.3.